The second kappa shape index (κ2) is 4.41. The Bertz CT molecular complexity index is 558. The number of nitrogens with zero attached hydrogens (tertiary/aromatic N) is 2. The van der Waals surface area contributed by atoms with E-state index in [0.717, 1.165) is 5.69 Å². The molecule has 0 saturated heterocycles. The van der Waals surface area contributed by atoms with Crippen LogP contribution in [0.5, 0.6) is 0 Å². The molecule has 0 radical (unpaired) electrons. The maximum atomic E-state index is 10.7. The zero-order valence-electron chi connectivity index (χ0n) is 9.84. The maximum absolute atomic E-state index is 10.7. The van der Waals surface area contributed by atoms with Crippen molar-refractivity contribution in [1.29, 1.82) is 0 Å². The van der Waals surface area contributed by atoms with Gasteiger partial charge in [0, 0.05) is 6.20 Å². The van der Waals surface area contributed by atoms with Gasteiger partial charge in [0.05, 0.1) is 17.8 Å². The molecular weight excluding hydrogens is 216 g/mol. The van der Waals surface area contributed by atoms with Gasteiger partial charge < -0.3 is 5.11 Å². The van der Waals surface area contributed by atoms with Gasteiger partial charge in [-0.05, 0) is 43.2 Å². The van der Waals surface area contributed by atoms with Gasteiger partial charge in [0.25, 0.3) is 0 Å². The van der Waals surface area contributed by atoms with Crippen LogP contribution in [0.2, 0.25) is 0 Å². The van der Waals surface area contributed by atoms with Gasteiger partial charge in [-0.3, -0.25) is 4.79 Å². The van der Waals surface area contributed by atoms with E-state index in [1.165, 1.54) is 11.1 Å². The third kappa shape index (κ3) is 2.36. The number of hydrogen-bond donors (Lipinski definition) is 1. The van der Waals surface area contributed by atoms with Crippen LogP contribution in [0.25, 0.3) is 5.69 Å². The van der Waals surface area contributed by atoms with Crippen LogP contribution in [-0.4, -0.2) is 20.9 Å². The van der Waals surface area contributed by atoms with E-state index < -0.39 is 5.97 Å². The Morgan fingerprint density at radius 1 is 1.29 bits per heavy atom. The molecule has 1 aromatic heterocycles. The van der Waals surface area contributed by atoms with E-state index in [9.17, 15) is 4.79 Å². The van der Waals surface area contributed by atoms with Gasteiger partial charge in [-0.1, -0.05) is 6.07 Å². The maximum Gasteiger partial charge on any atom is 0.309 e. The van der Waals surface area contributed by atoms with Gasteiger partial charge in [0.15, 0.2) is 0 Å². The lowest BCUT2D eigenvalue weighted by atomic mass is 10.1. The monoisotopic (exact) mass is 230 g/mol. The molecule has 0 aliphatic carbocycles. The Labute approximate surface area is 99.5 Å². The molecule has 1 aromatic carbocycles. The highest BCUT2D eigenvalue weighted by Crippen LogP contribution is 2.15. The highest BCUT2D eigenvalue weighted by molar-refractivity contribution is 5.69. The molecular formula is C13H14N2O2. The summed E-state index contributed by atoms with van der Waals surface area (Å²) in [6.45, 7) is 4.07. The zero-order chi connectivity index (χ0) is 12.4. The zero-order valence-corrected chi connectivity index (χ0v) is 9.84. The summed E-state index contributed by atoms with van der Waals surface area (Å²) in [5, 5.41) is 13.0. The first-order valence-corrected chi connectivity index (χ1v) is 5.40. The van der Waals surface area contributed by atoms with Gasteiger partial charge in [-0.25, -0.2) is 4.68 Å². The fraction of sp³-hybridized carbons (Fsp3) is 0.231. The number of benzene rings is 1. The molecule has 0 spiro atoms. The molecule has 0 bridgehead atoms. The summed E-state index contributed by atoms with van der Waals surface area (Å²) in [4.78, 5) is 10.7. The summed E-state index contributed by atoms with van der Waals surface area (Å²) >= 11 is 0. The van der Waals surface area contributed by atoms with Crippen molar-refractivity contribution in [2.24, 2.45) is 0 Å². The van der Waals surface area contributed by atoms with Crippen LogP contribution >= 0.6 is 0 Å². The highest BCUT2D eigenvalue weighted by Gasteiger charge is 2.09. The van der Waals surface area contributed by atoms with Crippen molar-refractivity contribution in [2.75, 3.05) is 0 Å². The number of carboxylic acid groups (broad SMARTS) is 1. The molecule has 4 heteroatoms. The first-order valence-electron chi connectivity index (χ1n) is 5.40. The molecule has 2 rings (SSSR count). The Balaban J connectivity index is 2.42. The SMILES string of the molecule is Cc1ccc(-n2nccc2CC(=O)O)cc1C. The van der Waals surface area contributed by atoms with Crippen LogP contribution in [0.15, 0.2) is 30.5 Å². The van der Waals surface area contributed by atoms with E-state index in [1.54, 1.807) is 16.9 Å². The predicted octanol–water partition coefficient (Wildman–Crippen LogP) is 2.12. The van der Waals surface area contributed by atoms with Crippen molar-refractivity contribution >= 4 is 5.97 Å². The Morgan fingerprint density at radius 2 is 2.06 bits per heavy atom. The van der Waals surface area contributed by atoms with E-state index in [4.69, 9.17) is 5.11 Å². The van der Waals surface area contributed by atoms with E-state index in [1.807, 2.05) is 32.0 Å². The molecule has 1 heterocycles. The number of aliphatic carboxylic acids is 1. The van der Waals surface area contributed by atoms with Crippen molar-refractivity contribution < 1.29 is 9.90 Å². The molecule has 17 heavy (non-hydrogen) atoms. The topological polar surface area (TPSA) is 55.1 Å². The van der Waals surface area contributed by atoms with Crippen molar-refractivity contribution in [3.8, 4) is 5.69 Å². The van der Waals surface area contributed by atoms with Crippen LogP contribution in [0, 0.1) is 13.8 Å². The molecule has 0 amide bonds. The lowest BCUT2D eigenvalue weighted by Crippen LogP contribution is -2.08. The number of rotatable bonds is 3. The van der Waals surface area contributed by atoms with Crippen molar-refractivity contribution in [1.82, 2.24) is 9.78 Å². The van der Waals surface area contributed by atoms with Gasteiger partial charge in [-0.15, -0.1) is 0 Å². The molecule has 0 unspecified atom stereocenters. The van der Waals surface area contributed by atoms with Crippen molar-refractivity contribution in [3.63, 3.8) is 0 Å². The lowest BCUT2D eigenvalue weighted by Gasteiger charge is -2.08. The van der Waals surface area contributed by atoms with Crippen LogP contribution in [0.1, 0.15) is 16.8 Å². The van der Waals surface area contributed by atoms with Crippen LogP contribution in [0.4, 0.5) is 0 Å². The minimum absolute atomic E-state index is 0.0209. The molecule has 2 aromatic rings. The van der Waals surface area contributed by atoms with E-state index in [0.29, 0.717) is 5.69 Å². The molecule has 0 atom stereocenters. The number of hydrogen-bond acceptors (Lipinski definition) is 2. The molecule has 0 aliphatic rings. The summed E-state index contributed by atoms with van der Waals surface area (Å²) in [6, 6.07) is 7.69. The average Bonchev–Trinajstić information content (AvgIpc) is 2.69. The largest absolute Gasteiger partial charge is 0.481 e. The van der Waals surface area contributed by atoms with Crippen LogP contribution in [-0.2, 0) is 11.2 Å². The van der Waals surface area contributed by atoms with Crippen LogP contribution in [0.3, 0.4) is 0 Å². The van der Waals surface area contributed by atoms with Gasteiger partial charge in [0.1, 0.15) is 0 Å². The fourth-order valence-electron chi connectivity index (χ4n) is 1.71. The standard InChI is InChI=1S/C13H14N2O2/c1-9-3-4-11(7-10(9)2)15-12(5-6-14-15)8-13(16)17/h3-7H,8H2,1-2H3,(H,16,17). The first kappa shape index (κ1) is 11.4. The highest BCUT2D eigenvalue weighted by atomic mass is 16.4. The van der Waals surface area contributed by atoms with Gasteiger partial charge in [0.2, 0.25) is 0 Å². The van der Waals surface area contributed by atoms with Crippen molar-refractivity contribution in [2.45, 2.75) is 20.3 Å². The third-order valence-corrected chi connectivity index (χ3v) is 2.79. The number of aryl methyl sites for hydroxylation is 2. The average molecular weight is 230 g/mol. The smallest absolute Gasteiger partial charge is 0.309 e. The predicted molar refractivity (Wildman–Crippen MR) is 64.4 cm³/mol. The number of carbonyl (C=O) groups is 1. The van der Waals surface area contributed by atoms with E-state index in [-0.39, 0.29) is 6.42 Å². The fourth-order valence-corrected chi connectivity index (χ4v) is 1.71. The molecule has 4 nitrogen and oxygen atoms in total. The van der Waals surface area contributed by atoms with Crippen LogP contribution < -0.4 is 0 Å². The van der Waals surface area contributed by atoms with Crippen molar-refractivity contribution in [3.05, 3.63) is 47.3 Å². The molecule has 1 N–H and O–H groups in total. The molecule has 0 aliphatic heterocycles. The normalized spacial score (nSPS) is 10.5. The molecule has 88 valence electrons. The van der Waals surface area contributed by atoms with E-state index >= 15 is 0 Å². The minimum atomic E-state index is -0.851. The summed E-state index contributed by atoms with van der Waals surface area (Å²) in [6.07, 6.45) is 1.60. The third-order valence-electron chi connectivity index (χ3n) is 2.79. The summed E-state index contributed by atoms with van der Waals surface area (Å²) < 4.78 is 1.67. The lowest BCUT2D eigenvalue weighted by molar-refractivity contribution is -0.136. The second-order valence-electron chi connectivity index (χ2n) is 4.07. The summed E-state index contributed by atoms with van der Waals surface area (Å²) in [5.41, 5.74) is 3.95. The Kier molecular flexibility index (Phi) is 2.95. The quantitative estimate of drug-likeness (QED) is 0.878. The van der Waals surface area contributed by atoms with Gasteiger partial charge >= 0.3 is 5.97 Å². The first-order chi connectivity index (χ1) is 8.08. The summed E-state index contributed by atoms with van der Waals surface area (Å²) in [5.74, 6) is -0.851. The molecule has 0 fully saturated rings. The Morgan fingerprint density at radius 3 is 2.71 bits per heavy atom. The minimum Gasteiger partial charge on any atom is -0.481 e. The number of aromatic nitrogens is 2. The Hall–Kier alpha value is -2.10. The second-order valence-corrected chi connectivity index (χ2v) is 4.07. The summed E-state index contributed by atoms with van der Waals surface area (Å²) in [7, 11) is 0. The number of carboxylic acids is 1. The van der Waals surface area contributed by atoms with Gasteiger partial charge in [-0.2, -0.15) is 5.10 Å². The molecule has 0 saturated carbocycles. The van der Waals surface area contributed by atoms with E-state index in [2.05, 4.69) is 5.10 Å².